The molecule has 2 aromatic rings. The fourth-order valence-electron chi connectivity index (χ4n) is 1.93. The number of hydrogen-bond donors (Lipinski definition) is 3. The average Bonchev–Trinajstić information content (AvgIpc) is 3.27. The number of nitrogens with one attached hydrogen (secondary N) is 2. The zero-order valence-corrected chi connectivity index (χ0v) is 13.4. The first-order valence-corrected chi connectivity index (χ1v) is 8.25. The van der Waals surface area contributed by atoms with Gasteiger partial charge in [-0.2, -0.15) is 0 Å². The predicted octanol–water partition coefficient (Wildman–Crippen LogP) is 2.55. The van der Waals surface area contributed by atoms with Crippen LogP contribution in [0, 0.1) is 0 Å². The fraction of sp³-hybridized carbons (Fsp3) is 0.286. The van der Waals surface area contributed by atoms with Gasteiger partial charge in [0.2, 0.25) is 0 Å². The molecule has 1 aromatic heterocycles. The largest absolute Gasteiger partial charge is 0.391 e. The van der Waals surface area contributed by atoms with Crippen LogP contribution >= 0.6 is 23.4 Å². The Morgan fingerprint density at radius 2 is 2.09 bits per heavy atom. The van der Waals surface area contributed by atoms with Gasteiger partial charge in [-0.1, -0.05) is 35.5 Å². The molecule has 0 spiro atoms. The van der Waals surface area contributed by atoms with Crippen LogP contribution in [0.5, 0.6) is 0 Å². The van der Waals surface area contributed by atoms with Gasteiger partial charge in [-0.15, -0.1) is 0 Å². The Bertz CT molecular complexity index is 673. The van der Waals surface area contributed by atoms with E-state index in [0.29, 0.717) is 21.6 Å². The van der Waals surface area contributed by atoms with E-state index in [1.54, 1.807) is 6.20 Å². The number of para-hydroxylation sites is 1. The van der Waals surface area contributed by atoms with E-state index >= 15 is 0 Å². The normalized spacial score (nSPS) is 19.8. The molecule has 2 unspecified atom stereocenters. The minimum atomic E-state index is -0.230. The molecule has 0 aliphatic carbocycles. The van der Waals surface area contributed by atoms with Crippen molar-refractivity contribution in [3.8, 4) is 0 Å². The molecule has 2 atom stereocenters. The summed E-state index contributed by atoms with van der Waals surface area (Å²) in [7, 11) is 0. The van der Waals surface area contributed by atoms with Crippen LogP contribution in [0.2, 0.25) is 5.02 Å². The van der Waals surface area contributed by atoms with Crippen LogP contribution in [-0.2, 0) is 11.3 Å². The second-order valence-electron chi connectivity index (χ2n) is 4.63. The maximum absolute atomic E-state index is 9.35. The number of aromatic nitrogens is 2. The van der Waals surface area contributed by atoms with Crippen LogP contribution in [0.3, 0.4) is 0 Å². The van der Waals surface area contributed by atoms with Crippen molar-refractivity contribution in [2.75, 3.05) is 16.9 Å². The third kappa shape index (κ3) is 3.44. The summed E-state index contributed by atoms with van der Waals surface area (Å²) in [5, 5.41) is 17.0. The minimum absolute atomic E-state index is 0.133. The van der Waals surface area contributed by atoms with Gasteiger partial charge in [0.1, 0.15) is 5.82 Å². The van der Waals surface area contributed by atoms with E-state index in [2.05, 4.69) is 20.6 Å². The molecule has 0 saturated carbocycles. The second kappa shape index (κ2) is 6.70. The van der Waals surface area contributed by atoms with Crippen molar-refractivity contribution in [2.45, 2.75) is 24.2 Å². The summed E-state index contributed by atoms with van der Waals surface area (Å²) in [6.45, 7) is -0.133. The molecule has 0 bridgehead atoms. The van der Waals surface area contributed by atoms with E-state index in [1.165, 1.54) is 11.8 Å². The van der Waals surface area contributed by atoms with Crippen LogP contribution in [0.15, 0.2) is 35.6 Å². The van der Waals surface area contributed by atoms with Crippen molar-refractivity contribution in [3.63, 3.8) is 0 Å². The van der Waals surface area contributed by atoms with Gasteiger partial charge in [0, 0.05) is 11.8 Å². The number of rotatable bonds is 6. The van der Waals surface area contributed by atoms with Gasteiger partial charge in [0.15, 0.2) is 17.6 Å². The lowest BCUT2D eigenvalue weighted by atomic mass is 10.3. The topological polar surface area (TPSA) is 82.6 Å². The summed E-state index contributed by atoms with van der Waals surface area (Å²) in [6.07, 6.45) is 3.08. The number of aliphatic hydroxyl groups excluding tert-OH is 1. The molecule has 3 rings (SSSR count). The average molecular weight is 339 g/mol. The SMILES string of the molecule is CSc1ncc(CO)c(NC2OC2Nc2ccccc2Cl)n1. The molecule has 1 aliphatic rings. The Balaban J connectivity index is 1.65. The summed E-state index contributed by atoms with van der Waals surface area (Å²) < 4.78 is 5.52. The quantitative estimate of drug-likeness (QED) is 0.424. The molecule has 1 saturated heterocycles. The van der Waals surface area contributed by atoms with Crippen LogP contribution in [0.4, 0.5) is 11.5 Å². The number of halogens is 1. The number of thioether (sulfide) groups is 1. The Kier molecular flexibility index (Phi) is 4.68. The maximum atomic E-state index is 9.35. The summed E-state index contributed by atoms with van der Waals surface area (Å²) >= 11 is 7.53. The number of epoxide rings is 1. The first-order valence-electron chi connectivity index (χ1n) is 6.65. The van der Waals surface area contributed by atoms with Gasteiger partial charge in [-0.05, 0) is 18.4 Å². The first-order chi connectivity index (χ1) is 10.7. The van der Waals surface area contributed by atoms with E-state index in [1.807, 2.05) is 30.5 Å². The zero-order chi connectivity index (χ0) is 15.5. The van der Waals surface area contributed by atoms with Crippen molar-refractivity contribution in [1.82, 2.24) is 9.97 Å². The van der Waals surface area contributed by atoms with Crippen molar-refractivity contribution < 1.29 is 9.84 Å². The molecule has 1 aromatic carbocycles. The van der Waals surface area contributed by atoms with Gasteiger partial charge in [-0.3, -0.25) is 0 Å². The second-order valence-corrected chi connectivity index (χ2v) is 5.82. The summed E-state index contributed by atoms with van der Waals surface area (Å²) in [5.41, 5.74) is 1.44. The van der Waals surface area contributed by atoms with E-state index in [4.69, 9.17) is 16.3 Å². The van der Waals surface area contributed by atoms with Gasteiger partial charge in [0.25, 0.3) is 0 Å². The lowest BCUT2D eigenvalue weighted by Crippen LogP contribution is -2.16. The highest BCUT2D eigenvalue weighted by molar-refractivity contribution is 7.98. The van der Waals surface area contributed by atoms with Gasteiger partial charge in [0.05, 0.1) is 17.3 Å². The number of anilines is 2. The third-order valence-electron chi connectivity index (χ3n) is 3.14. The zero-order valence-electron chi connectivity index (χ0n) is 11.8. The molecule has 1 aliphatic heterocycles. The van der Waals surface area contributed by atoms with Crippen LogP contribution in [0.25, 0.3) is 0 Å². The molecule has 1 fully saturated rings. The molecule has 3 N–H and O–H groups in total. The molecule has 0 radical (unpaired) electrons. The summed E-state index contributed by atoms with van der Waals surface area (Å²) in [4.78, 5) is 8.48. The monoisotopic (exact) mass is 338 g/mol. The molecule has 116 valence electrons. The molecule has 8 heteroatoms. The highest BCUT2D eigenvalue weighted by atomic mass is 35.5. The van der Waals surface area contributed by atoms with E-state index in [0.717, 1.165) is 5.69 Å². The number of aliphatic hydroxyl groups is 1. The Labute approximate surface area is 137 Å². The number of hydrogen-bond acceptors (Lipinski definition) is 7. The van der Waals surface area contributed by atoms with E-state index in [-0.39, 0.29) is 19.1 Å². The van der Waals surface area contributed by atoms with E-state index in [9.17, 15) is 5.11 Å². The van der Waals surface area contributed by atoms with Crippen LogP contribution in [-0.4, -0.2) is 33.8 Å². The first kappa shape index (κ1) is 15.4. The Morgan fingerprint density at radius 1 is 1.32 bits per heavy atom. The Morgan fingerprint density at radius 3 is 2.82 bits per heavy atom. The van der Waals surface area contributed by atoms with Crippen molar-refractivity contribution in [3.05, 3.63) is 41.0 Å². The lowest BCUT2D eigenvalue weighted by molar-refractivity contribution is 0.281. The Hall–Kier alpha value is -1.54. The molecular formula is C14H15ClN4O2S. The molecule has 22 heavy (non-hydrogen) atoms. The smallest absolute Gasteiger partial charge is 0.189 e. The highest BCUT2D eigenvalue weighted by Gasteiger charge is 2.40. The van der Waals surface area contributed by atoms with E-state index < -0.39 is 0 Å². The molecule has 2 heterocycles. The van der Waals surface area contributed by atoms with Crippen molar-refractivity contribution in [1.29, 1.82) is 0 Å². The lowest BCUT2D eigenvalue weighted by Gasteiger charge is -2.09. The summed E-state index contributed by atoms with van der Waals surface area (Å²) in [6, 6.07) is 7.47. The van der Waals surface area contributed by atoms with Gasteiger partial charge in [-0.25, -0.2) is 9.97 Å². The third-order valence-corrected chi connectivity index (χ3v) is 4.03. The summed E-state index contributed by atoms with van der Waals surface area (Å²) in [5.74, 6) is 0.579. The number of ether oxygens (including phenoxy) is 1. The maximum Gasteiger partial charge on any atom is 0.189 e. The van der Waals surface area contributed by atoms with Crippen molar-refractivity contribution >= 4 is 34.9 Å². The number of benzene rings is 1. The van der Waals surface area contributed by atoms with Gasteiger partial charge < -0.3 is 20.5 Å². The van der Waals surface area contributed by atoms with Crippen LogP contribution in [0.1, 0.15) is 5.56 Å². The van der Waals surface area contributed by atoms with Crippen LogP contribution < -0.4 is 10.6 Å². The molecular weight excluding hydrogens is 324 g/mol. The predicted molar refractivity (Wildman–Crippen MR) is 87.1 cm³/mol. The highest BCUT2D eigenvalue weighted by Crippen LogP contribution is 2.30. The van der Waals surface area contributed by atoms with Crippen molar-refractivity contribution in [2.24, 2.45) is 0 Å². The number of nitrogens with zero attached hydrogens (tertiary/aromatic N) is 2. The standard InChI is InChI=1S/C14H15ClN4O2S/c1-22-14-16-6-8(7-20)11(19-14)18-13-12(21-13)17-10-5-3-2-4-9(10)15/h2-6,12-13,17,20H,7H2,1H3,(H,16,18,19). The molecule has 6 nitrogen and oxygen atoms in total. The molecule has 0 amide bonds. The van der Waals surface area contributed by atoms with Gasteiger partial charge >= 0.3 is 0 Å². The fourth-order valence-corrected chi connectivity index (χ4v) is 2.46. The minimum Gasteiger partial charge on any atom is -0.391 e.